The van der Waals surface area contributed by atoms with Gasteiger partial charge in [0, 0.05) is 32.0 Å². The van der Waals surface area contributed by atoms with E-state index in [1.165, 1.54) is 6.26 Å². The van der Waals surface area contributed by atoms with Crippen molar-refractivity contribution in [1.29, 1.82) is 0 Å². The molecule has 0 spiro atoms. The maximum atomic E-state index is 11.6. The van der Waals surface area contributed by atoms with Crippen LogP contribution in [0, 0.1) is 11.8 Å². The summed E-state index contributed by atoms with van der Waals surface area (Å²) >= 11 is 0. The van der Waals surface area contributed by atoms with Crippen molar-refractivity contribution < 1.29 is 13.5 Å². The number of nitrogens with zero attached hydrogens (tertiary/aromatic N) is 2. The summed E-state index contributed by atoms with van der Waals surface area (Å²) < 4.78 is 27.0. The van der Waals surface area contributed by atoms with E-state index in [9.17, 15) is 13.5 Å². The van der Waals surface area contributed by atoms with Gasteiger partial charge < -0.3 is 9.67 Å². The van der Waals surface area contributed by atoms with Crippen molar-refractivity contribution in [1.82, 2.24) is 8.87 Å². The first-order valence-corrected chi connectivity index (χ1v) is 9.57. The molecule has 1 aromatic heterocycles. The van der Waals surface area contributed by atoms with Crippen molar-refractivity contribution >= 4 is 10.0 Å². The Hall–Kier alpha value is -0.850. The van der Waals surface area contributed by atoms with Crippen molar-refractivity contribution in [3.05, 3.63) is 24.0 Å². The molecule has 2 heterocycles. The number of piperidine rings is 1. The molecule has 6 heteroatoms. The third kappa shape index (κ3) is 3.67. The average molecular weight is 312 g/mol. The van der Waals surface area contributed by atoms with Crippen molar-refractivity contribution in [3.8, 4) is 0 Å². The van der Waals surface area contributed by atoms with Crippen LogP contribution in [0.15, 0.2) is 18.5 Å². The van der Waals surface area contributed by atoms with E-state index in [1.807, 2.05) is 18.5 Å². The highest BCUT2D eigenvalue weighted by molar-refractivity contribution is 7.88. The van der Waals surface area contributed by atoms with Gasteiger partial charge in [-0.25, -0.2) is 12.7 Å². The van der Waals surface area contributed by atoms with E-state index in [0.717, 1.165) is 37.8 Å². The standard InChI is InChI=1S/C15H24N2O3S/c1-21(19,20)17-7-2-3-12(10-17)9-16-8-6-14(11-16)15(18)13-4-5-13/h6,8,11-13,15,18H,2-5,7,9-10H2,1H3. The van der Waals surface area contributed by atoms with Crippen molar-refractivity contribution in [3.63, 3.8) is 0 Å². The van der Waals surface area contributed by atoms with Gasteiger partial charge in [0.15, 0.2) is 0 Å². The van der Waals surface area contributed by atoms with Crippen LogP contribution in [0.4, 0.5) is 0 Å². The molecule has 0 amide bonds. The van der Waals surface area contributed by atoms with E-state index in [1.54, 1.807) is 4.31 Å². The summed E-state index contributed by atoms with van der Waals surface area (Å²) in [5.74, 6) is 0.794. The Kier molecular flexibility index (Phi) is 4.12. The zero-order valence-electron chi connectivity index (χ0n) is 12.5. The minimum Gasteiger partial charge on any atom is -0.388 e. The van der Waals surface area contributed by atoms with Gasteiger partial charge in [-0.3, -0.25) is 0 Å². The summed E-state index contributed by atoms with van der Waals surface area (Å²) in [6.07, 6.45) is 9.21. The van der Waals surface area contributed by atoms with Gasteiger partial charge in [-0.2, -0.15) is 0 Å². The molecule has 1 saturated carbocycles. The molecule has 5 nitrogen and oxygen atoms in total. The highest BCUT2D eigenvalue weighted by Crippen LogP contribution is 2.40. The zero-order chi connectivity index (χ0) is 15.0. The van der Waals surface area contributed by atoms with E-state index in [4.69, 9.17) is 0 Å². The molecule has 2 fully saturated rings. The van der Waals surface area contributed by atoms with E-state index < -0.39 is 10.0 Å². The van der Waals surface area contributed by atoms with E-state index in [0.29, 0.717) is 24.9 Å². The van der Waals surface area contributed by atoms with Gasteiger partial charge >= 0.3 is 0 Å². The fourth-order valence-electron chi connectivity index (χ4n) is 3.21. The Labute approximate surface area is 126 Å². The molecule has 0 aromatic carbocycles. The van der Waals surface area contributed by atoms with Gasteiger partial charge in [-0.05, 0) is 49.1 Å². The van der Waals surface area contributed by atoms with Crippen LogP contribution in [0.2, 0.25) is 0 Å². The lowest BCUT2D eigenvalue weighted by molar-refractivity contribution is 0.153. The average Bonchev–Trinajstić information content (AvgIpc) is 3.18. The number of aliphatic hydroxyl groups is 1. The summed E-state index contributed by atoms with van der Waals surface area (Å²) in [5.41, 5.74) is 0.994. The number of hydrogen-bond acceptors (Lipinski definition) is 3. The van der Waals surface area contributed by atoms with Crippen LogP contribution in [0.5, 0.6) is 0 Å². The Balaban J connectivity index is 1.61. The monoisotopic (exact) mass is 312 g/mol. The predicted molar refractivity (Wildman–Crippen MR) is 81.3 cm³/mol. The van der Waals surface area contributed by atoms with Crippen LogP contribution >= 0.6 is 0 Å². The molecular weight excluding hydrogens is 288 g/mol. The molecule has 21 heavy (non-hydrogen) atoms. The van der Waals surface area contributed by atoms with Crippen LogP contribution in [0.1, 0.15) is 37.4 Å². The quantitative estimate of drug-likeness (QED) is 0.898. The van der Waals surface area contributed by atoms with E-state index >= 15 is 0 Å². The fraction of sp³-hybridized carbons (Fsp3) is 0.733. The Morgan fingerprint density at radius 1 is 1.38 bits per heavy atom. The molecule has 1 aliphatic carbocycles. The molecule has 0 bridgehead atoms. The summed E-state index contributed by atoms with van der Waals surface area (Å²) in [6.45, 7) is 2.08. The molecule has 0 radical (unpaired) electrons. The lowest BCUT2D eigenvalue weighted by Crippen LogP contribution is -2.40. The molecule has 2 unspecified atom stereocenters. The molecule has 2 atom stereocenters. The maximum absolute atomic E-state index is 11.6. The molecule has 1 saturated heterocycles. The minimum atomic E-state index is -3.08. The lowest BCUT2D eigenvalue weighted by atomic mass is 10.00. The number of aliphatic hydroxyl groups excluding tert-OH is 1. The van der Waals surface area contributed by atoms with Gasteiger partial charge in [0.25, 0.3) is 0 Å². The van der Waals surface area contributed by atoms with E-state index in [-0.39, 0.29) is 6.10 Å². The third-order valence-electron chi connectivity index (χ3n) is 4.60. The predicted octanol–water partition coefficient (Wildman–Crippen LogP) is 1.60. The zero-order valence-corrected chi connectivity index (χ0v) is 13.3. The molecule has 1 aliphatic heterocycles. The lowest BCUT2D eigenvalue weighted by Gasteiger charge is -2.31. The normalized spacial score (nSPS) is 25.9. The highest BCUT2D eigenvalue weighted by atomic mass is 32.2. The Morgan fingerprint density at radius 2 is 2.14 bits per heavy atom. The van der Waals surface area contributed by atoms with Gasteiger partial charge in [0.2, 0.25) is 10.0 Å². The summed E-state index contributed by atoms with van der Waals surface area (Å²) in [7, 11) is -3.08. The first-order chi connectivity index (χ1) is 9.93. The van der Waals surface area contributed by atoms with E-state index in [2.05, 4.69) is 4.57 Å². The van der Waals surface area contributed by atoms with Crippen LogP contribution in [-0.2, 0) is 16.6 Å². The Bertz CT molecular complexity index is 592. The molecular formula is C15H24N2O3S. The second kappa shape index (κ2) is 5.74. The topological polar surface area (TPSA) is 62.5 Å². The maximum Gasteiger partial charge on any atom is 0.211 e. The SMILES string of the molecule is CS(=O)(=O)N1CCCC(Cn2ccc(C(O)C3CC3)c2)C1. The highest BCUT2D eigenvalue weighted by Gasteiger charge is 2.31. The summed E-state index contributed by atoms with van der Waals surface area (Å²) in [4.78, 5) is 0. The fourth-order valence-corrected chi connectivity index (χ4v) is 4.15. The van der Waals surface area contributed by atoms with Crippen LogP contribution < -0.4 is 0 Å². The molecule has 2 aliphatic rings. The summed E-state index contributed by atoms with van der Waals surface area (Å²) in [5, 5.41) is 10.1. The third-order valence-corrected chi connectivity index (χ3v) is 5.87. The number of rotatable bonds is 5. The van der Waals surface area contributed by atoms with Crippen LogP contribution in [0.25, 0.3) is 0 Å². The van der Waals surface area contributed by atoms with Gasteiger partial charge in [-0.1, -0.05) is 0 Å². The first kappa shape index (κ1) is 15.1. The molecule has 1 N–H and O–H groups in total. The number of hydrogen-bond donors (Lipinski definition) is 1. The molecule has 118 valence electrons. The second-order valence-electron chi connectivity index (χ2n) is 6.55. The summed E-state index contributed by atoms with van der Waals surface area (Å²) in [6, 6.07) is 1.99. The number of sulfonamides is 1. The first-order valence-electron chi connectivity index (χ1n) is 7.72. The molecule has 1 aromatic rings. The van der Waals surface area contributed by atoms with Crippen molar-refractivity contribution in [2.75, 3.05) is 19.3 Å². The van der Waals surface area contributed by atoms with Gasteiger partial charge in [-0.15, -0.1) is 0 Å². The number of aromatic nitrogens is 1. The smallest absolute Gasteiger partial charge is 0.211 e. The van der Waals surface area contributed by atoms with Gasteiger partial charge in [0.05, 0.1) is 12.4 Å². The second-order valence-corrected chi connectivity index (χ2v) is 8.54. The van der Waals surface area contributed by atoms with Crippen molar-refractivity contribution in [2.45, 2.75) is 38.3 Å². The minimum absolute atomic E-state index is 0.329. The van der Waals surface area contributed by atoms with Crippen molar-refractivity contribution in [2.24, 2.45) is 11.8 Å². The van der Waals surface area contributed by atoms with Crippen LogP contribution in [-0.4, -0.2) is 41.7 Å². The largest absolute Gasteiger partial charge is 0.388 e. The van der Waals surface area contributed by atoms with Crippen LogP contribution in [0.3, 0.4) is 0 Å². The Morgan fingerprint density at radius 3 is 2.81 bits per heavy atom. The van der Waals surface area contributed by atoms with Gasteiger partial charge in [0.1, 0.15) is 0 Å². The molecule has 3 rings (SSSR count).